The van der Waals surface area contributed by atoms with Gasteiger partial charge in [-0.25, -0.2) is 19.6 Å². The number of esters is 2. The number of rotatable bonds is 36. The van der Waals surface area contributed by atoms with Crippen molar-refractivity contribution < 1.29 is 82.0 Å². The Balaban J connectivity index is 0.000000201. The van der Waals surface area contributed by atoms with E-state index in [1.807, 2.05) is 36.4 Å². The fraction of sp³-hybridized carbons (Fsp3) is 0.360. The Labute approximate surface area is 919 Å². The van der Waals surface area contributed by atoms with Crippen LogP contribution in [-0.2, 0) is 148 Å². The van der Waals surface area contributed by atoms with Crippen molar-refractivity contribution in [1.29, 1.82) is 0 Å². The molecule has 4 atom stereocenters. The molecule has 8 aromatic rings. The van der Waals surface area contributed by atoms with Gasteiger partial charge >= 0.3 is 261 Å². The zero-order valence-corrected chi connectivity index (χ0v) is 112. The third-order valence-electron chi connectivity index (χ3n) is 23.4. The van der Waals surface area contributed by atoms with Gasteiger partial charge in [-0.3, -0.25) is 67.2 Å². The van der Waals surface area contributed by atoms with Crippen LogP contribution in [-0.4, -0.2) is 169 Å². The first-order chi connectivity index (χ1) is 65.9. The molecule has 2 aliphatic carbocycles. The molecule has 34 nitrogen and oxygen atoms in total. The third-order valence-corrected chi connectivity index (χ3v) is 1180. The molecule has 15 rings (SSSR count). The van der Waals surface area contributed by atoms with Gasteiger partial charge in [-0.1, -0.05) is 80.9 Å². The first kappa shape index (κ1) is 115. The van der Waals surface area contributed by atoms with Crippen LogP contribution in [0.15, 0.2) is 119 Å². The maximum atomic E-state index is 13.8. The number of nitrogens with one attached hydrogen (secondary N) is 9. The summed E-state index contributed by atoms with van der Waals surface area (Å²) in [4.78, 5) is 202. The molecule has 4 aromatic heterocycles. The molecule has 0 unspecified atom stereocenters. The van der Waals surface area contributed by atoms with Gasteiger partial charge in [0, 0.05) is 82.4 Å². The van der Waals surface area contributed by atoms with Gasteiger partial charge < -0.3 is 82.4 Å². The van der Waals surface area contributed by atoms with Crippen molar-refractivity contribution in [2.24, 2.45) is 5.73 Å². The molecule has 4 aromatic carbocycles. The predicted molar refractivity (Wildman–Crippen MR) is 685 cm³/mol. The summed E-state index contributed by atoms with van der Waals surface area (Å²) in [7, 11) is -3.13. The number of hydrogen-bond donors (Lipinski definition) is 12. The van der Waals surface area contributed by atoms with Crippen LogP contribution in [0.1, 0.15) is 132 Å². The number of unbranched alkanes of at least 4 members (excludes halogenated alkanes) is 2. The van der Waals surface area contributed by atoms with Crippen molar-refractivity contribution in [3.63, 3.8) is 0 Å². The van der Waals surface area contributed by atoms with Gasteiger partial charge in [0.1, 0.15) is 25.3 Å². The van der Waals surface area contributed by atoms with Crippen LogP contribution in [0, 0.1) is 0 Å². The number of ether oxygens (including phenoxy) is 2. The number of aryl methyl sites for hydroxylation is 4. The number of nitrogens with zero attached hydrogens (tertiary/aromatic N) is 5. The van der Waals surface area contributed by atoms with Crippen molar-refractivity contribution in [2.75, 3.05) is 56.4 Å². The van der Waals surface area contributed by atoms with Crippen LogP contribution in [0.2, 0.25) is 0 Å². The third kappa shape index (κ3) is 27.8. The van der Waals surface area contributed by atoms with E-state index in [-0.39, 0.29) is 190 Å². The molecule has 7 aliphatic rings. The quantitative estimate of drug-likeness (QED) is 0.00751. The van der Waals surface area contributed by atoms with Crippen molar-refractivity contribution >= 4 is 359 Å². The summed E-state index contributed by atoms with van der Waals surface area (Å²) >= 11 is 30.0. The molecule has 13 N–H and O–H groups in total. The standard InChI is InChI=1S/C48H50N8O11.C38H39N7O8.I18/c1-2-48(66)32-21-36-44-30(25-56(36)46(64)31(32)26-67-47(48)65)28-12-9-13-29-33(15-16-34(54-44)43(28)29)52-40(60)24-51-45(63)35(20-27-10-5-3-6-11-27)53-39(59)23-50-38(58)22-49-37(57)14-7-4-8-19-55-41(61)17-18-42(55)62;1-2-38(52)25-14-29-34-23(18-45(29)36(50)24(25)19-53-37(38)51)21-9-6-10-22-26(11-12-27(44-34)33(21)22)42-32(48)17-41-35(49)28(13-20-7-4-3-5-8-20)43-31(47)16-40-30(46)15-39;1-11(2)13(5)15(7)17(9)18(10)16(8)14(6)12(3)4/h3,5-6,10-11,15-18,21,35,66H,2,4,7-9,12-14,19-20,22-26H2,1H3,(H,49,57)(H,50,58)(H,51,63)(H,52,60)(H,53,59);3-5,7-8,11-12,14,28,52H,2,6,9-10,13,15-19,39H2,1H3,(H,40,46)(H,41,49)(H,42,48)(H,43,47);/t35-,48-;28-,38-;/m00./s1. The molecule has 0 saturated carbocycles. The Morgan fingerprint density at radius 2 is 0.833 bits per heavy atom. The van der Waals surface area contributed by atoms with E-state index in [9.17, 15) is 82.1 Å². The Hall–Kier alpha value is -0.330. The van der Waals surface area contributed by atoms with Crippen molar-refractivity contribution in [2.45, 2.75) is 153 Å². The molecule has 9 heterocycles. The monoisotopic (exact) mass is 3920 g/mol. The van der Waals surface area contributed by atoms with E-state index in [0.29, 0.717) is 83.7 Å². The van der Waals surface area contributed by atoms with Gasteiger partial charge in [0.2, 0.25) is 53.2 Å². The number of aromatic nitrogens is 4. The number of fused-ring (bicyclic) bond motifs is 10. The molecule has 0 spiro atoms. The van der Waals surface area contributed by atoms with E-state index in [1.165, 1.54) is 12.2 Å². The number of nitrogens with two attached hydrogens (primary N) is 1. The number of aliphatic hydroxyl groups is 2. The Bertz CT molecular complexity index is 6270. The molecule has 0 saturated heterocycles. The summed E-state index contributed by atoms with van der Waals surface area (Å²) in [5, 5.41) is 48.0. The minimum atomic E-state index is -1.94. The molecular formula is C86H89I18N15O19. The minimum absolute atomic E-state index is 0.0318. The molecule has 5 aliphatic heterocycles. The molecule has 0 bridgehead atoms. The van der Waals surface area contributed by atoms with Gasteiger partial charge in [-0.2, -0.15) is 0 Å². The van der Waals surface area contributed by atoms with Crippen LogP contribution in [0.3, 0.4) is 0 Å². The first-order valence-electron chi connectivity index (χ1n) is 42.3. The van der Waals surface area contributed by atoms with Crippen LogP contribution in [0.4, 0.5) is 11.4 Å². The molecule has 0 fully saturated rings. The summed E-state index contributed by atoms with van der Waals surface area (Å²) in [6.45, 7) is 1.38. The number of cyclic esters (lactones) is 2. The predicted octanol–water partition coefficient (Wildman–Crippen LogP) is 17.4. The first-order valence-corrected chi connectivity index (χ1v) is 149. The van der Waals surface area contributed by atoms with E-state index in [0.717, 1.165) is 79.4 Å². The summed E-state index contributed by atoms with van der Waals surface area (Å²) < 4.78 is 13.6. The number of halogens is 18. The average Bonchev–Trinajstić information content (AvgIpc) is 1.56. The van der Waals surface area contributed by atoms with Gasteiger partial charge in [0.25, 0.3) is 22.9 Å². The van der Waals surface area contributed by atoms with Crippen LogP contribution >= 0.6 is 249 Å². The number of pyridine rings is 4. The maximum absolute atomic E-state index is 13.8. The molecular weight excluding hydrogens is 3830 g/mol. The second-order valence-corrected chi connectivity index (χ2v) is 422. The van der Waals surface area contributed by atoms with E-state index in [2.05, 4.69) is 234 Å². The zero-order valence-electron chi connectivity index (χ0n) is 72.7. The number of carbonyl (C=O) groups is 13. The van der Waals surface area contributed by atoms with Crippen molar-refractivity contribution in [3.8, 4) is 22.8 Å². The van der Waals surface area contributed by atoms with Crippen molar-refractivity contribution in [3.05, 3.63) is 197 Å². The fourth-order valence-electron chi connectivity index (χ4n) is 16.8. The Morgan fingerprint density at radius 1 is 0.449 bits per heavy atom. The summed E-state index contributed by atoms with van der Waals surface area (Å²) in [5.41, 5.74) is 13.5. The number of benzene rings is 4. The van der Waals surface area contributed by atoms with Gasteiger partial charge in [-0.15, -0.1) is 0 Å². The normalized spacial score (nSPS) is 17.1. The van der Waals surface area contributed by atoms with E-state index < -0.39 is 111 Å². The average molecular weight is 3920 g/mol. The van der Waals surface area contributed by atoms with E-state index >= 15 is 0 Å². The number of carbonyl (C=O) groups excluding carboxylic acids is 13. The number of imide groups is 1. The second kappa shape index (κ2) is 53.1. The van der Waals surface area contributed by atoms with Gasteiger partial charge in [-0.05, 0) is 134 Å². The molecule has 138 heavy (non-hydrogen) atoms. The number of amides is 11. The Kier molecular flexibility index (Phi) is 44.2. The zero-order chi connectivity index (χ0) is 99.5. The van der Waals surface area contributed by atoms with Crippen LogP contribution in [0.25, 0.3) is 44.6 Å². The number of anilines is 2. The van der Waals surface area contributed by atoms with Crippen LogP contribution in [0.5, 0.6) is 0 Å². The van der Waals surface area contributed by atoms with E-state index in [1.54, 1.807) is 83.6 Å². The SMILES string of the molecule is CC[C@@]1(O)C(=O)OCc2c1cc1n(c2=O)Cc2c-1nc1ccc(NC(=O)CNC(=O)[C@H](Cc3ccccc3)NC(=O)CNC(=O)CN)c3c1c2CCC3.CC[C@@]1(O)C(=O)OCc2c1cc1n(c2=O)Cc2c-1nc1ccc(NC(=O)CNC(=O)[C@H](Cc3ccccc3)NC(=O)CNC(=O)CNC(=O)CCCCCN3C(=O)C=CC3=O)c3c1c2CCC3.II(I)I(I)I(I)I(I)I(I)I(I)I(I)I(I)I. The summed E-state index contributed by atoms with van der Waals surface area (Å²) in [6, 6.07) is 26.4. The van der Waals surface area contributed by atoms with E-state index in [4.69, 9.17) is 25.2 Å². The molecule has 11 amide bonds. The van der Waals surface area contributed by atoms with Crippen molar-refractivity contribution in [1.82, 2.24) is 61.2 Å². The molecule has 52 heteroatoms. The molecule has 0 radical (unpaired) electrons. The Morgan fingerprint density at radius 3 is 1.24 bits per heavy atom. The number of hydrogen-bond acceptors (Lipinski definition) is 22. The summed E-state index contributed by atoms with van der Waals surface area (Å²) in [5.74, 6) is -7.25. The fourth-order valence-corrected chi connectivity index (χ4v) is 2530. The van der Waals surface area contributed by atoms with Crippen LogP contribution < -0.4 is 64.7 Å². The molecule has 748 valence electrons. The summed E-state index contributed by atoms with van der Waals surface area (Å²) in [6.07, 6.45) is 8.78. The van der Waals surface area contributed by atoms with Gasteiger partial charge in [0.15, 0.2) is 11.2 Å². The van der Waals surface area contributed by atoms with Gasteiger partial charge in [0.05, 0.1) is 97.3 Å². The second-order valence-electron chi connectivity index (χ2n) is 31.7. The topological polar surface area (TPSA) is 488 Å².